The molecule has 30 heavy (non-hydrogen) atoms. The van der Waals surface area contributed by atoms with Gasteiger partial charge in [0.1, 0.15) is 5.82 Å². The third-order valence-corrected chi connectivity index (χ3v) is 5.37. The average molecular weight is 404 g/mol. The first kappa shape index (κ1) is 18.6. The van der Waals surface area contributed by atoms with Crippen LogP contribution in [0.5, 0.6) is 0 Å². The summed E-state index contributed by atoms with van der Waals surface area (Å²) in [6.45, 7) is 1.68. The van der Waals surface area contributed by atoms with Crippen molar-refractivity contribution in [1.29, 1.82) is 0 Å². The molecule has 1 unspecified atom stereocenters. The molecular weight excluding hydrogens is 383 g/mol. The molecule has 1 aliphatic rings. The predicted octanol–water partition coefficient (Wildman–Crippen LogP) is 4.18. The Balaban J connectivity index is 1.42. The van der Waals surface area contributed by atoms with Gasteiger partial charge in [-0.1, -0.05) is 17.6 Å². The van der Waals surface area contributed by atoms with Gasteiger partial charge < -0.3 is 9.09 Å². The molecule has 0 saturated carbocycles. The maximum atomic E-state index is 14.2. The van der Waals surface area contributed by atoms with Gasteiger partial charge in [-0.3, -0.25) is 9.88 Å². The highest BCUT2D eigenvalue weighted by Crippen LogP contribution is 2.32. The number of imidazole rings is 1. The SMILES string of the molecule is Fc1cc(-c2noc(C3CCCCN3Cc3ccccn3)n2)cc(-n2ccnc2)c1. The van der Waals surface area contributed by atoms with Crippen LogP contribution in [-0.2, 0) is 6.54 Å². The highest BCUT2D eigenvalue weighted by Gasteiger charge is 2.29. The van der Waals surface area contributed by atoms with Crippen molar-refractivity contribution in [1.82, 2.24) is 29.6 Å². The molecule has 8 heteroatoms. The first-order valence-electron chi connectivity index (χ1n) is 10.0. The standard InChI is InChI=1S/C22H21FN6O/c23-17-11-16(12-19(13-17)29-10-8-24-15-29)21-26-22(30-27-21)20-6-2-4-9-28(20)14-18-5-1-3-7-25-18/h1,3,5,7-8,10-13,15,20H,2,4,6,9,14H2. The first-order valence-corrected chi connectivity index (χ1v) is 10.0. The zero-order chi connectivity index (χ0) is 20.3. The van der Waals surface area contributed by atoms with E-state index in [9.17, 15) is 4.39 Å². The third kappa shape index (κ3) is 3.86. The monoisotopic (exact) mass is 404 g/mol. The van der Waals surface area contributed by atoms with Gasteiger partial charge in [0.25, 0.3) is 0 Å². The highest BCUT2D eigenvalue weighted by atomic mass is 19.1. The minimum atomic E-state index is -0.364. The number of likely N-dealkylation sites (tertiary alicyclic amines) is 1. The van der Waals surface area contributed by atoms with Gasteiger partial charge in [0, 0.05) is 30.7 Å². The Hall–Kier alpha value is -3.39. The lowest BCUT2D eigenvalue weighted by Crippen LogP contribution is -2.33. The number of hydrogen-bond donors (Lipinski definition) is 0. The molecule has 1 aromatic carbocycles. The second-order valence-electron chi connectivity index (χ2n) is 7.43. The summed E-state index contributed by atoms with van der Waals surface area (Å²) >= 11 is 0. The summed E-state index contributed by atoms with van der Waals surface area (Å²) in [4.78, 5) is 15.4. The van der Waals surface area contributed by atoms with Crippen molar-refractivity contribution in [3.63, 3.8) is 0 Å². The Kier molecular flexibility index (Phi) is 5.06. The summed E-state index contributed by atoms with van der Waals surface area (Å²) in [5.74, 6) is 0.584. The lowest BCUT2D eigenvalue weighted by Gasteiger charge is -2.32. The molecule has 0 bridgehead atoms. The van der Waals surface area contributed by atoms with Gasteiger partial charge in [-0.05, 0) is 49.7 Å². The van der Waals surface area contributed by atoms with E-state index in [0.717, 1.165) is 38.0 Å². The van der Waals surface area contributed by atoms with Crippen molar-refractivity contribution in [2.24, 2.45) is 0 Å². The first-order chi connectivity index (χ1) is 14.8. The van der Waals surface area contributed by atoms with E-state index >= 15 is 0 Å². The van der Waals surface area contributed by atoms with Gasteiger partial charge in [0.05, 0.1) is 23.8 Å². The fourth-order valence-electron chi connectivity index (χ4n) is 3.91. The van der Waals surface area contributed by atoms with Crippen molar-refractivity contribution >= 4 is 0 Å². The molecule has 0 aliphatic carbocycles. The Morgan fingerprint density at radius 1 is 1.13 bits per heavy atom. The van der Waals surface area contributed by atoms with E-state index in [0.29, 0.717) is 23.0 Å². The molecule has 1 atom stereocenters. The van der Waals surface area contributed by atoms with Crippen LogP contribution in [0.4, 0.5) is 4.39 Å². The topological polar surface area (TPSA) is 72.9 Å². The summed E-state index contributed by atoms with van der Waals surface area (Å²) in [5.41, 5.74) is 2.24. The van der Waals surface area contributed by atoms with E-state index in [4.69, 9.17) is 4.52 Å². The van der Waals surface area contributed by atoms with Crippen LogP contribution in [0.15, 0.2) is 65.8 Å². The molecule has 0 spiro atoms. The van der Waals surface area contributed by atoms with Crippen LogP contribution in [0, 0.1) is 5.82 Å². The van der Waals surface area contributed by atoms with E-state index in [1.165, 1.54) is 12.1 Å². The molecule has 1 fully saturated rings. The van der Waals surface area contributed by atoms with Gasteiger partial charge in [-0.15, -0.1) is 0 Å². The van der Waals surface area contributed by atoms with Crippen molar-refractivity contribution in [2.45, 2.75) is 31.8 Å². The molecule has 0 N–H and O–H groups in total. The minimum Gasteiger partial charge on any atom is -0.337 e. The molecule has 4 aromatic rings. The average Bonchev–Trinajstić information content (AvgIpc) is 3.47. The van der Waals surface area contributed by atoms with E-state index in [2.05, 4.69) is 25.0 Å². The fraction of sp³-hybridized carbons (Fsp3) is 0.273. The maximum absolute atomic E-state index is 14.2. The molecule has 4 heterocycles. The van der Waals surface area contributed by atoms with Gasteiger partial charge in [-0.25, -0.2) is 9.37 Å². The number of rotatable bonds is 5. The van der Waals surface area contributed by atoms with Crippen LogP contribution >= 0.6 is 0 Å². The zero-order valence-electron chi connectivity index (χ0n) is 16.4. The summed E-state index contributed by atoms with van der Waals surface area (Å²) in [5, 5.41) is 4.15. The smallest absolute Gasteiger partial charge is 0.244 e. The minimum absolute atomic E-state index is 0.0312. The van der Waals surface area contributed by atoms with E-state index in [1.54, 1.807) is 29.5 Å². The molecule has 7 nitrogen and oxygen atoms in total. The molecular formula is C22H21FN6O. The zero-order valence-corrected chi connectivity index (χ0v) is 16.4. The highest BCUT2D eigenvalue weighted by molar-refractivity contribution is 5.59. The molecule has 3 aromatic heterocycles. The van der Waals surface area contributed by atoms with E-state index in [-0.39, 0.29) is 11.9 Å². The fourth-order valence-corrected chi connectivity index (χ4v) is 3.91. The number of pyridine rings is 1. The van der Waals surface area contributed by atoms with Gasteiger partial charge in [0.2, 0.25) is 11.7 Å². The molecule has 1 aliphatic heterocycles. The molecule has 1 saturated heterocycles. The Labute approximate surface area is 173 Å². The Morgan fingerprint density at radius 2 is 2.10 bits per heavy atom. The van der Waals surface area contributed by atoms with Crippen LogP contribution in [-0.4, -0.2) is 36.1 Å². The Bertz CT molecular complexity index is 1110. The van der Waals surface area contributed by atoms with Crippen molar-refractivity contribution in [3.8, 4) is 17.1 Å². The van der Waals surface area contributed by atoms with Crippen LogP contribution in [0.25, 0.3) is 17.1 Å². The normalized spacial score (nSPS) is 17.3. The van der Waals surface area contributed by atoms with E-state index < -0.39 is 0 Å². The van der Waals surface area contributed by atoms with Crippen molar-refractivity contribution in [2.75, 3.05) is 6.54 Å². The third-order valence-electron chi connectivity index (χ3n) is 5.37. The van der Waals surface area contributed by atoms with Gasteiger partial charge in [-0.2, -0.15) is 4.98 Å². The predicted molar refractivity (Wildman–Crippen MR) is 108 cm³/mol. The summed E-state index contributed by atoms with van der Waals surface area (Å²) < 4.78 is 21.6. The number of benzene rings is 1. The Morgan fingerprint density at radius 3 is 2.93 bits per heavy atom. The van der Waals surface area contributed by atoms with Gasteiger partial charge >= 0.3 is 0 Å². The molecule has 152 valence electrons. The number of hydrogen-bond acceptors (Lipinski definition) is 6. The molecule has 0 amide bonds. The second kappa shape index (κ2) is 8.16. The van der Waals surface area contributed by atoms with Crippen LogP contribution in [0.1, 0.15) is 36.9 Å². The van der Waals surface area contributed by atoms with Crippen LogP contribution < -0.4 is 0 Å². The summed E-state index contributed by atoms with van der Waals surface area (Å²) in [7, 11) is 0. The number of nitrogens with zero attached hydrogens (tertiary/aromatic N) is 6. The largest absolute Gasteiger partial charge is 0.337 e. The van der Waals surface area contributed by atoms with Crippen LogP contribution in [0.2, 0.25) is 0 Å². The summed E-state index contributed by atoms with van der Waals surface area (Å²) in [6, 6.07) is 10.7. The second-order valence-corrected chi connectivity index (χ2v) is 7.43. The number of halogens is 1. The quantitative estimate of drug-likeness (QED) is 0.497. The number of piperidine rings is 1. The summed E-state index contributed by atoms with van der Waals surface area (Å²) in [6.07, 6.45) is 10.0. The van der Waals surface area contributed by atoms with E-state index in [1.807, 2.05) is 24.3 Å². The lowest BCUT2D eigenvalue weighted by molar-refractivity contribution is 0.110. The van der Waals surface area contributed by atoms with Crippen LogP contribution in [0.3, 0.4) is 0 Å². The van der Waals surface area contributed by atoms with Crippen molar-refractivity contribution in [3.05, 3.63) is 78.7 Å². The van der Waals surface area contributed by atoms with Gasteiger partial charge in [0.15, 0.2) is 0 Å². The number of aromatic nitrogens is 5. The lowest BCUT2D eigenvalue weighted by atomic mass is 10.0. The molecule has 5 rings (SSSR count). The maximum Gasteiger partial charge on any atom is 0.244 e. The van der Waals surface area contributed by atoms with Crippen molar-refractivity contribution < 1.29 is 8.91 Å². The molecule has 0 radical (unpaired) electrons.